The van der Waals surface area contributed by atoms with E-state index in [-0.39, 0.29) is 0 Å². The van der Waals surface area contributed by atoms with Gasteiger partial charge in [0.05, 0.1) is 0 Å². The van der Waals surface area contributed by atoms with Gasteiger partial charge in [0.25, 0.3) is 0 Å². The lowest BCUT2D eigenvalue weighted by atomic mass is 9.87. The first-order valence-electron chi connectivity index (χ1n) is 9.46. The smallest absolute Gasteiger partial charge is 0.00869 e. The van der Waals surface area contributed by atoms with E-state index in [9.17, 15) is 0 Å². The number of unbranched alkanes of at least 4 members (excludes halogenated alkanes) is 2. The maximum atomic E-state index is 2.43. The summed E-state index contributed by atoms with van der Waals surface area (Å²) in [6.07, 6.45) is 8.67. The van der Waals surface area contributed by atoms with Crippen molar-refractivity contribution in [3.05, 3.63) is 70.8 Å². The van der Waals surface area contributed by atoms with Crippen LogP contribution in [0.15, 0.2) is 48.5 Å². The van der Waals surface area contributed by atoms with Crippen LogP contribution in [-0.4, -0.2) is 0 Å². The standard InChI is InChI=1S/C23H32/c1-4-7-11-19-13-9-15-21(17-19)23(6-3)22-16-10-14-20(18-22)12-8-5-2/h9-10,13-18,23H,4-8,11-12H2,1-3H3. The van der Waals surface area contributed by atoms with E-state index in [1.54, 1.807) is 0 Å². The molecule has 0 saturated heterocycles. The van der Waals surface area contributed by atoms with Gasteiger partial charge >= 0.3 is 0 Å². The van der Waals surface area contributed by atoms with Crippen molar-refractivity contribution in [3.63, 3.8) is 0 Å². The molecule has 0 aliphatic carbocycles. The van der Waals surface area contributed by atoms with Gasteiger partial charge in [0.15, 0.2) is 0 Å². The van der Waals surface area contributed by atoms with Crippen molar-refractivity contribution in [2.75, 3.05) is 0 Å². The second kappa shape index (κ2) is 9.55. The van der Waals surface area contributed by atoms with E-state index in [1.807, 2.05) is 0 Å². The molecule has 2 aromatic rings. The average Bonchev–Trinajstić information content (AvgIpc) is 2.59. The molecule has 0 fully saturated rings. The monoisotopic (exact) mass is 308 g/mol. The third-order valence-electron chi connectivity index (χ3n) is 4.75. The van der Waals surface area contributed by atoms with Gasteiger partial charge in [-0.25, -0.2) is 0 Å². The second-order valence-corrected chi connectivity index (χ2v) is 6.66. The Morgan fingerprint density at radius 1 is 0.696 bits per heavy atom. The van der Waals surface area contributed by atoms with Crippen LogP contribution in [0.5, 0.6) is 0 Å². The molecule has 0 N–H and O–H groups in total. The molecule has 23 heavy (non-hydrogen) atoms. The number of aryl methyl sites for hydroxylation is 2. The molecular weight excluding hydrogens is 276 g/mol. The highest BCUT2D eigenvalue weighted by atomic mass is 14.2. The summed E-state index contributed by atoms with van der Waals surface area (Å²) >= 11 is 0. The van der Waals surface area contributed by atoms with Crippen LogP contribution in [0.2, 0.25) is 0 Å². The molecule has 2 aromatic carbocycles. The molecule has 0 saturated carbocycles. The number of rotatable bonds is 9. The fraction of sp³-hybridized carbons (Fsp3) is 0.478. The van der Waals surface area contributed by atoms with Crippen LogP contribution < -0.4 is 0 Å². The van der Waals surface area contributed by atoms with Crippen LogP contribution >= 0.6 is 0 Å². The van der Waals surface area contributed by atoms with Crippen LogP contribution in [0.1, 0.15) is 81.0 Å². The summed E-state index contributed by atoms with van der Waals surface area (Å²) in [6, 6.07) is 18.5. The largest absolute Gasteiger partial charge is 0.0654 e. The molecule has 0 radical (unpaired) electrons. The second-order valence-electron chi connectivity index (χ2n) is 6.66. The van der Waals surface area contributed by atoms with Gasteiger partial charge in [0.2, 0.25) is 0 Å². The van der Waals surface area contributed by atoms with Gasteiger partial charge < -0.3 is 0 Å². The quantitative estimate of drug-likeness (QED) is 0.472. The highest BCUT2D eigenvalue weighted by Gasteiger charge is 2.13. The molecule has 0 aliphatic rings. The predicted octanol–water partition coefficient (Wildman–Crippen LogP) is 6.91. The van der Waals surface area contributed by atoms with Gasteiger partial charge in [-0.1, -0.05) is 82.1 Å². The highest BCUT2D eigenvalue weighted by molar-refractivity contribution is 5.36. The predicted molar refractivity (Wildman–Crippen MR) is 102 cm³/mol. The fourth-order valence-electron chi connectivity index (χ4n) is 3.36. The van der Waals surface area contributed by atoms with Crippen LogP contribution in [0, 0.1) is 0 Å². The zero-order chi connectivity index (χ0) is 16.5. The normalized spacial score (nSPS) is 11.1. The number of hydrogen-bond acceptors (Lipinski definition) is 0. The Morgan fingerprint density at radius 2 is 1.17 bits per heavy atom. The Labute approximate surface area is 143 Å². The highest BCUT2D eigenvalue weighted by Crippen LogP contribution is 2.29. The van der Waals surface area contributed by atoms with Gasteiger partial charge in [-0.15, -0.1) is 0 Å². The number of hydrogen-bond donors (Lipinski definition) is 0. The van der Waals surface area contributed by atoms with E-state index in [1.165, 1.54) is 60.8 Å². The molecule has 0 nitrogen and oxygen atoms in total. The average molecular weight is 309 g/mol. The molecule has 2 rings (SSSR count). The molecular formula is C23H32. The third-order valence-corrected chi connectivity index (χ3v) is 4.75. The summed E-state index contributed by atoms with van der Waals surface area (Å²) in [5, 5.41) is 0. The third kappa shape index (κ3) is 5.23. The first kappa shape index (κ1) is 17.8. The van der Waals surface area contributed by atoms with E-state index < -0.39 is 0 Å². The minimum absolute atomic E-state index is 0.526. The van der Waals surface area contributed by atoms with Crippen LogP contribution in [-0.2, 0) is 12.8 Å². The summed E-state index contributed by atoms with van der Waals surface area (Å²) in [4.78, 5) is 0. The molecule has 0 aromatic heterocycles. The molecule has 124 valence electrons. The van der Waals surface area contributed by atoms with Crippen molar-refractivity contribution in [1.29, 1.82) is 0 Å². The lowest BCUT2D eigenvalue weighted by molar-refractivity contribution is 0.759. The van der Waals surface area contributed by atoms with Crippen molar-refractivity contribution in [1.82, 2.24) is 0 Å². The topological polar surface area (TPSA) is 0 Å². The maximum absolute atomic E-state index is 2.43. The van der Waals surface area contributed by atoms with Gasteiger partial charge in [-0.2, -0.15) is 0 Å². The van der Waals surface area contributed by atoms with Crippen molar-refractivity contribution in [3.8, 4) is 0 Å². The molecule has 0 atom stereocenters. The first-order valence-corrected chi connectivity index (χ1v) is 9.46. The molecule has 0 bridgehead atoms. The van der Waals surface area contributed by atoms with Gasteiger partial charge in [-0.3, -0.25) is 0 Å². The van der Waals surface area contributed by atoms with Gasteiger partial charge in [0.1, 0.15) is 0 Å². The molecule has 0 unspecified atom stereocenters. The molecule has 0 heteroatoms. The Bertz CT molecular complexity index is 531. The SMILES string of the molecule is CCCCc1cccc(C(CC)c2cccc(CCCC)c2)c1. The molecule has 0 aliphatic heterocycles. The first-order chi connectivity index (χ1) is 11.3. The Hall–Kier alpha value is -1.56. The van der Waals surface area contributed by atoms with Crippen molar-refractivity contribution < 1.29 is 0 Å². The van der Waals surface area contributed by atoms with Crippen LogP contribution in [0.3, 0.4) is 0 Å². The van der Waals surface area contributed by atoms with Gasteiger partial charge in [-0.05, 0) is 54.4 Å². The summed E-state index contributed by atoms with van der Waals surface area (Å²) in [6.45, 7) is 6.84. The lowest BCUT2D eigenvalue weighted by Crippen LogP contribution is -2.01. The maximum Gasteiger partial charge on any atom is 0.00869 e. The zero-order valence-electron chi connectivity index (χ0n) is 15.1. The van der Waals surface area contributed by atoms with Crippen molar-refractivity contribution in [2.45, 2.75) is 71.6 Å². The summed E-state index contributed by atoms with van der Waals surface area (Å²) in [5.74, 6) is 0.526. The Morgan fingerprint density at radius 3 is 1.57 bits per heavy atom. The van der Waals surface area contributed by atoms with Crippen LogP contribution in [0.25, 0.3) is 0 Å². The molecule has 0 heterocycles. The van der Waals surface area contributed by atoms with E-state index in [4.69, 9.17) is 0 Å². The number of benzene rings is 2. The molecule has 0 spiro atoms. The van der Waals surface area contributed by atoms with Crippen molar-refractivity contribution in [2.24, 2.45) is 0 Å². The van der Waals surface area contributed by atoms with Gasteiger partial charge in [0, 0.05) is 5.92 Å². The minimum Gasteiger partial charge on any atom is -0.0654 e. The fourth-order valence-corrected chi connectivity index (χ4v) is 3.36. The minimum atomic E-state index is 0.526. The van der Waals surface area contributed by atoms with Crippen LogP contribution in [0.4, 0.5) is 0 Å². The van der Waals surface area contributed by atoms with E-state index in [0.29, 0.717) is 5.92 Å². The Balaban J connectivity index is 2.21. The summed E-state index contributed by atoms with van der Waals surface area (Å²) in [5.41, 5.74) is 5.94. The lowest BCUT2D eigenvalue weighted by Gasteiger charge is -2.18. The molecule has 0 amide bonds. The summed E-state index contributed by atoms with van der Waals surface area (Å²) in [7, 11) is 0. The van der Waals surface area contributed by atoms with Crippen molar-refractivity contribution >= 4 is 0 Å². The van der Waals surface area contributed by atoms with E-state index >= 15 is 0 Å². The Kier molecular flexibility index (Phi) is 7.39. The van der Waals surface area contributed by atoms with E-state index in [0.717, 1.165) is 6.42 Å². The zero-order valence-corrected chi connectivity index (χ0v) is 15.1. The summed E-state index contributed by atoms with van der Waals surface area (Å²) < 4.78 is 0. The van der Waals surface area contributed by atoms with E-state index in [2.05, 4.69) is 69.3 Å².